The van der Waals surface area contributed by atoms with Crippen molar-refractivity contribution in [1.82, 2.24) is 5.32 Å². The predicted molar refractivity (Wildman–Crippen MR) is 81.9 cm³/mol. The van der Waals surface area contributed by atoms with Gasteiger partial charge in [0.2, 0.25) is 0 Å². The van der Waals surface area contributed by atoms with Crippen LogP contribution in [0.4, 0.5) is 0 Å². The molecule has 116 valence electrons. The molecule has 1 heterocycles. The summed E-state index contributed by atoms with van der Waals surface area (Å²) in [7, 11) is 1.45. The Balaban J connectivity index is 1.50. The third-order valence-corrected chi connectivity index (χ3v) is 3.97. The van der Waals surface area contributed by atoms with Gasteiger partial charge >= 0.3 is 5.97 Å². The molecule has 0 saturated carbocycles. The smallest absolute Gasteiger partial charge is 0.322 e. The van der Waals surface area contributed by atoms with E-state index in [1.165, 1.54) is 12.7 Å². The zero-order valence-electron chi connectivity index (χ0n) is 12.7. The molecule has 0 aliphatic carbocycles. The Labute approximate surface area is 126 Å². The van der Waals surface area contributed by atoms with Crippen LogP contribution in [0.3, 0.4) is 0 Å². The largest absolute Gasteiger partial charge is 0.468 e. The molecule has 1 N–H and O–H groups in total. The van der Waals surface area contributed by atoms with Gasteiger partial charge in [0.25, 0.3) is 0 Å². The summed E-state index contributed by atoms with van der Waals surface area (Å²) in [6.45, 7) is 2.41. The molecule has 21 heavy (non-hydrogen) atoms. The van der Waals surface area contributed by atoms with Gasteiger partial charge in [-0.3, -0.25) is 4.79 Å². The molecule has 2 unspecified atom stereocenters. The molecular formula is C17H25NO3. The van der Waals surface area contributed by atoms with Crippen molar-refractivity contribution < 1.29 is 14.3 Å². The molecule has 1 saturated heterocycles. The molecule has 1 aromatic rings. The minimum absolute atomic E-state index is 0.102. The molecular weight excluding hydrogens is 266 g/mol. The molecule has 4 nitrogen and oxygen atoms in total. The molecule has 4 heteroatoms. The number of esters is 1. The molecule has 0 aromatic heterocycles. The molecule has 1 aliphatic heterocycles. The van der Waals surface area contributed by atoms with Gasteiger partial charge in [0.15, 0.2) is 0 Å². The fourth-order valence-corrected chi connectivity index (χ4v) is 2.75. The first-order chi connectivity index (χ1) is 10.3. The van der Waals surface area contributed by atoms with Gasteiger partial charge in [-0.1, -0.05) is 36.8 Å². The lowest BCUT2D eigenvalue weighted by Crippen LogP contribution is -2.31. The number of ether oxygens (including phenoxy) is 2. The summed E-state index contributed by atoms with van der Waals surface area (Å²) >= 11 is 0. The normalized spacial score (nSPS) is 21.4. The Bertz CT molecular complexity index is 421. The van der Waals surface area contributed by atoms with Crippen LogP contribution in [0.25, 0.3) is 0 Å². The Hall–Kier alpha value is -1.39. The summed E-state index contributed by atoms with van der Waals surface area (Å²) in [4.78, 5) is 11.4. The van der Waals surface area contributed by atoms with E-state index in [0.29, 0.717) is 12.5 Å². The average molecular weight is 291 g/mol. The Kier molecular flexibility index (Phi) is 6.70. The van der Waals surface area contributed by atoms with Crippen LogP contribution in [0.2, 0.25) is 0 Å². The maximum Gasteiger partial charge on any atom is 0.322 e. The highest BCUT2D eigenvalue weighted by Gasteiger charge is 2.29. The number of nitrogens with one attached hydrogen (secondary N) is 1. The van der Waals surface area contributed by atoms with E-state index in [0.717, 1.165) is 38.8 Å². The Morgan fingerprint density at radius 1 is 1.29 bits per heavy atom. The molecule has 0 radical (unpaired) electrons. The Morgan fingerprint density at radius 3 is 2.86 bits per heavy atom. The highest BCUT2D eigenvalue weighted by molar-refractivity contribution is 5.75. The number of hydrogen-bond acceptors (Lipinski definition) is 4. The first-order valence-corrected chi connectivity index (χ1v) is 7.72. The predicted octanol–water partition coefficient (Wildman–Crippen LogP) is 2.52. The summed E-state index contributed by atoms with van der Waals surface area (Å²) in [5, 5.41) is 3.23. The lowest BCUT2D eigenvalue weighted by molar-refractivity contribution is -0.142. The van der Waals surface area contributed by atoms with Crippen molar-refractivity contribution >= 4 is 5.97 Å². The van der Waals surface area contributed by atoms with E-state index >= 15 is 0 Å². The van der Waals surface area contributed by atoms with Crippen molar-refractivity contribution in [3.63, 3.8) is 0 Å². The van der Waals surface area contributed by atoms with Gasteiger partial charge < -0.3 is 14.8 Å². The van der Waals surface area contributed by atoms with Crippen LogP contribution in [0.15, 0.2) is 30.3 Å². The fourth-order valence-electron chi connectivity index (χ4n) is 2.75. The lowest BCUT2D eigenvalue weighted by Gasteiger charge is -2.09. The minimum Gasteiger partial charge on any atom is -0.468 e. The van der Waals surface area contributed by atoms with Gasteiger partial charge in [0.1, 0.15) is 6.04 Å². The molecule has 1 fully saturated rings. The van der Waals surface area contributed by atoms with E-state index in [1.807, 2.05) is 18.2 Å². The molecule has 1 aromatic carbocycles. The first-order valence-electron chi connectivity index (χ1n) is 7.72. The second kappa shape index (κ2) is 8.80. The maximum atomic E-state index is 11.4. The van der Waals surface area contributed by atoms with Gasteiger partial charge in [-0.05, 0) is 37.3 Å². The second-order valence-electron chi connectivity index (χ2n) is 5.62. The highest BCUT2D eigenvalue weighted by atomic mass is 16.5. The molecule has 1 aliphatic rings. The number of rotatable bonds is 8. The maximum absolute atomic E-state index is 11.4. The van der Waals surface area contributed by atoms with Gasteiger partial charge in [0, 0.05) is 6.61 Å². The van der Waals surface area contributed by atoms with E-state index in [9.17, 15) is 4.79 Å². The fraction of sp³-hybridized carbons (Fsp3) is 0.588. The summed E-state index contributed by atoms with van der Waals surface area (Å²) < 4.78 is 10.4. The van der Waals surface area contributed by atoms with Crippen molar-refractivity contribution in [3.8, 4) is 0 Å². The van der Waals surface area contributed by atoms with Gasteiger partial charge in [-0.2, -0.15) is 0 Å². The molecule has 2 rings (SSSR count). The second-order valence-corrected chi connectivity index (χ2v) is 5.62. The van der Waals surface area contributed by atoms with Crippen molar-refractivity contribution in [1.29, 1.82) is 0 Å². The monoisotopic (exact) mass is 291 g/mol. The van der Waals surface area contributed by atoms with Crippen LogP contribution in [-0.2, 0) is 20.9 Å². The summed E-state index contributed by atoms with van der Waals surface area (Å²) in [6, 6.07) is 10.1. The van der Waals surface area contributed by atoms with E-state index < -0.39 is 0 Å². The van der Waals surface area contributed by atoms with Crippen molar-refractivity contribution in [2.75, 3.05) is 20.3 Å². The minimum atomic E-state index is -0.135. The van der Waals surface area contributed by atoms with Crippen LogP contribution < -0.4 is 5.32 Å². The number of hydrogen-bond donors (Lipinski definition) is 1. The van der Waals surface area contributed by atoms with Crippen LogP contribution in [-0.4, -0.2) is 32.3 Å². The standard InChI is InChI=1S/C17H25NO3/c1-20-17(19)16-11-15(12-18-16)9-5-6-10-21-13-14-7-3-2-4-8-14/h2-4,7-8,15-16,18H,5-6,9-13H2,1H3. The van der Waals surface area contributed by atoms with E-state index in [-0.39, 0.29) is 12.0 Å². The zero-order valence-corrected chi connectivity index (χ0v) is 12.7. The van der Waals surface area contributed by atoms with Crippen LogP contribution in [0.1, 0.15) is 31.2 Å². The molecule has 0 spiro atoms. The average Bonchev–Trinajstić information content (AvgIpc) is 3.00. The first kappa shape index (κ1) is 16.0. The molecule has 2 atom stereocenters. The van der Waals surface area contributed by atoms with E-state index in [2.05, 4.69) is 17.4 Å². The van der Waals surface area contributed by atoms with Gasteiger partial charge in [-0.25, -0.2) is 0 Å². The van der Waals surface area contributed by atoms with Crippen molar-refractivity contribution in [2.45, 2.75) is 38.3 Å². The van der Waals surface area contributed by atoms with Crippen LogP contribution in [0, 0.1) is 5.92 Å². The number of benzene rings is 1. The number of carbonyl (C=O) groups is 1. The topological polar surface area (TPSA) is 47.6 Å². The molecule has 0 bridgehead atoms. The summed E-state index contributed by atoms with van der Waals surface area (Å²) in [5.74, 6) is 0.451. The quantitative estimate of drug-likeness (QED) is 0.590. The summed E-state index contributed by atoms with van der Waals surface area (Å²) in [6.07, 6.45) is 4.27. The van der Waals surface area contributed by atoms with Gasteiger partial charge in [-0.15, -0.1) is 0 Å². The highest BCUT2D eigenvalue weighted by Crippen LogP contribution is 2.20. The van der Waals surface area contributed by atoms with Crippen molar-refractivity contribution in [2.24, 2.45) is 5.92 Å². The SMILES string of the molecule is COC(=O)C1CC(CCCCOCc2ccccc2)CN1. The number of unbranched alkanes of at least 4 members (excludes halogenated alkanes) is 1. The van der Waals surface area contributed by atoms with Crippen molar-refractivity contribution in [3.05, 3.63) is 35.9 Å². The lowest BCUT2D eigenvalue weighted by atomic mass is 9.99. The summed E-state index contributed by atoms with van der Waals surface area (Å²) in [5.41, 5.74) is 1.22. The number of methoxy groups -OCH3 is 1. The van der Waals surface area contributed by atoms with Crippen LogP contribution in [0.5, 0.6) is 0 Å². The molecule has 0 amide bonds. The third-order valence-electron chi connectivity index (χ3n) is 3.97. The van der Waals surface area contributed by atoms with Crippen LogP contribution >= 0.6 is 0 Å². The number of carbonyl (C=O) groups excluding carboxylic acids is 1. The van der Waals surface area contributed by atoms with E-state index in [1.54, 1.807) is 0 Å². The zero-order chi connectivity index (χ0) is 14.9. The van der Waals surface area contributed by atoms with Gasteiger partial charge in [0.05, 0.1) is 13.7 Å². The van der Waals surface area contributed by atoms with E-state index in [4.69, 9.17) is 9.47 Å². The third kappa shape index (κ3) is 5.48. The Morgan fingerprint density at radius 2 is 2.10 bits per heavy atom.